The van der Waals surface area contributed by atoms with Gasteiger partial charge in [0.25, 0.3) is 0 Å². The molecule has 1 aromatic heterocycles. The quantitative estimate of drug-likeness (QED) is 0.440. The molecule has 1 heterocycles. The Morgan fingerprint density at radius 2 is 2.40 bits per heavy atom. The first-order valence-electron chi connectivity index (χ1n) is 2.57. The molecule has 0 saturated carbocycles. The molecular formula is C5H8ClN3O. The molecule has 0 fully saturated rings. The Bertz CT molecular complexity index is 146. The predicted octanol–water partition coefficient (Wildman–Crippen LogP) is 0.974. The lowest BCUT2D eigenvalue weighted by Crippen LogP contribution is -2.06. The van der Waals surface area contributed by atoms with Gasteiger partial charge in [-0.1, -0.05) is 0 Å². The van der Waals surface area contributed by atoms with E-state index in [1.807, 2.05) is 0 Å². The van der Waals surface area contributed by atoms with Crippen LogP contribution in [0.5, 0.6) is 0 Å². The third-order valence-electron chi connectivity index (χ3n) is 0.602. The van der Waals surface area contributed by atoms with Gasteiger partial charge in [-0.25, -0.2) is 4.98 Å². The Labute approximate surface area is 63.6 Å². The van der Waals surface area contributed by atoms with Gasteiger partial charge in [-0.3, -0.25) is 4.79 Å². The lowest BCUT2D eigenvalue weighted by molar-refractivity contribution is 0.261. The molecule has 56 valence electrons. The number of aromatic amines is 1. The molecule has 10 heavy (non-hydrogen) atoms. The number of nitrogens with one attached hydrogen (secondary N) is 2. The first kappa shape index (κ1) is 8.97. The predicted molar refractivity (Wildman–Crippen MR) is 38.9 cm³/mol. The van der Waals surface area contributed by atoms with E-state index in [0.717, 1.165) is 0 Å². The summed E-state index contributed by atoms with van der Waals surface area (Å²) in [5.41, 5.74) is 0. The largest absolute Gasteiger partial charge is 0.351 e. The average molecular weight is 162 g/mol. The van der Waals surface area contributed by atoms with Crippen LogP contribution in [-0.4, -0.2) is 22.4 Å². The van der Waals surface area contributed by atoms with Crippen molar-refractivity contribution in [1.29, 1.82) is 0 Å². The van der Waals surface area contributed by atoms with Crippen LogP contribution < -0.4 is 5.32 Å². The van der Waals surface area contributed by atoms with E-state index in [0.29, 0.717) is 0 Å². The van der Waals surface area contributed by atoms with Crippen LogP contribution in [0.3, 0.4) is 0 Å². The highest BCUT2D eigenvalue weighted by Crippen LogP contribution is 1.68. The maximum atomic E-state index is 9.47. The normalized spacial score (nSPS) is 7.40. The number of carbonyl (C=O) groups excluding carboxylic acids is 1. The second-order valence-corrected chi connectivity index (χ2v) is 1.63. The molecule has 0 aliphatic carbocycles. The smallest absolute Gasteiger partial charge is 0.313 e. The van der Waals surface area contributed by atoms with E-state index in [2.05, 4.69) is 15.3 Å². The maximum Gasteiger partial charge on any atom is 0.313 e. The number of carbonyl (C=O) groups is 1. The van der Waals surface area contributed by atoms with Gasteiger partial charge in [0.2, 0.25) is 0 Å². The number of amides is 1. The lowest BCUT2D eigenvalue weighted by Gasteiger charge is -1.76. The van der Waals surface area contributed by atoms with Crippen molar-refractivity contribution in [1.82, 2.24) is 15.3 Å². The Morgan fingerprint density at radius 3 is 2.50 bits per heavy atom. The van der Waals surface area contributed by atoms with Crippen LogP contribution in [0.2, 0.25) is 0 Å². The zero-order valence-electron chi connectivity index (χ0n) is 5.47. The van der Waals surface area contributed by atoms with Gasteiger partial charge >= 0.3 is 5.37 Å². The number of imidazole rings is 1. The molecule has 0 aliphatic rings. The molecule has 1 aromatic rings. The molecular weight excluding hydrogens is 154 g/mol. The van der Waals surface area contributed by atoms with E-state index in [-0.39, 0.29) is 0 Å². The lowest BCUT2D eigenvalue weighted by atomic mass is 11.0. The fourth-order valence-corrected chi connectivity index (χ4v) is 0.215. The molecule has 0 atom stereocenters. The van der Waals surface area contributed by atoms with Crippen molar-refractivity contribution in [3.05, 3.63) is 18.7 Å². The molecule has 5 heteroatoms. The SMILES string of the molecule is CNC(=O)Cl.c1c[nH]cn1. The second-order valence-electron chi connectivity index (χ2n) is 1.28. The molecule has 1 amide bonds. The summed E-state index contributed by atoms with van der Waals surface area (Å²) in [4.78, 5) is 15.9. The topological polar surface area (TPSA) is 57.8 Å². The number of nitrogens with zero attached hydrogens (tertiary/aromatic N) is 1. The van der Waals surface area contributed by atoms with E-state index in [9.17, 15) is 4.79 Å². The number of halogens is 1. The Hall–Kier alpha value is -1.03. The van der Waals surface area contributed by atoms with E-state index >= 15 is 0 Å². The van der Waals surface area contributed by atoms with Crippen LogP contribution in [0.4, 0.5) is 4.79 Å². The van der Waals surface area contributed by atoms with E-state index in [4.69, 9.17) is 11.6 Å². The molecule has 0 bridgehead atoms. The van der Waals surface area contributed by atoms with Crippen molar-refractivity contribution in [3.8, 4) is 0 Å². The number of H-pyrrole nitrogens is 1. The highest BCUT2D eigenvalue weighted by molar-refractivity contribution is 6.62. The van der Waals surface area contributed by atoms with Gasteiger partial charge in [0, 0.05) is 19.4 Å². The third-order valence-corrected chi connectivity index (χ3v) is 0.791. The van der Waals surface area contributed by atoms with Crippen molar-refractivity contribution in [2.45, 2.75) is 0 Å². The summed E-state index contributed by atoms with van der Waals surface area (Å²) in [6, 6.07) is 0. The fraction of sp³-hybridized carbons (Fsp3) is 0.200. The van der Waals surface area contributed by atoms with Gasteiger partial charge in [0.15, 0.2) is 0 Å². The number of aromatic nitrogens is 2. The van der Waals surface area contributed by atoms with E-state index in [1.54, 1.807) is 18.7 Å². The fourth-order valence-electron chi connectivity index (χ4n) is 0.215. The van der Waals surface area contributed by atoms with Crippen LogP contribution in [0.15, 0.2) is 18.7 Å². The molecule has 0 aromatic carbocycles. The second kappa shape index (κ2) is 6.10. The Morgan fingerprint density at radius 1 is 1.80 bits per heavy atom. The minimum absolute atomic E-state index is 0.523. The standard InChI is InChI=1S/C3H4N2.C2H4ClNO/c1-2-5-3-4-1;1-4-2(3)5/h1-3H,(H,4,5);1H3,(H,4,5). The molecule has 0 spiro atoms. The molecule has 1 rings (SSSR count). The van der Waals surface area contributed by atoms with Crippen LogP contribution in [0.25, 0.3) is 0 Å². The van der Waals surface area contributed by atoms with Crippen molar-refractivity contribution >= 4 is 17.0 Å². The summed E-state index contributed by atoms with van der Waals surface area (Å²) in [6.45, 7) is 0. The molecule has 0 radical (unpaired) electrons. The molecule has 0 aliphatic heterocycles. The van der Waals surface area contributed by atoms with Crippen molar-refractivity contribution < 1.29 is 4.79 Å². The number of rotatable bonds is 0. The van der Waals surface area contributed by atoms with Gasteiger partial charge in [-0.15, -0.1) is 0 Å². The van der Waals surface area contributed by atoms with Gasteiger partial charge in [0.05, 0.1) is 6.33 Å². The highest BCUT2D eigenvalue weighted by Gasteiger charge is 1.77. The summed E-state index contributed by atoms with van der Waals surface area (Å²) in [6.07, 6.45) is 5.08. The third kappa shape index (κ3) is 6.97. The van der Waals surface area contributed by atoms with E-state index in [1.165, 1.54) is 7.05 Å². The summed E-state index contributed by atoms with van der Waals surface area (Å²) in [5.74, 6) is 0. The highest BCUT2D eigenvalue weighted by atomic mass is 35.5. The van der Waals surface area contributed by atoms with Crippen LogP contribution in [-0.2, 0) is 0 Å². The number of hydrogen-bond donors (Lipinski definition) is 2. The average Bonchev–Trinajstić information content (AvgIpc) is 2.43. The van der Waals surface area contributed by atoms with Gasteiger partial charge in [0.1, 0.15) is 0 Å². The maximum absolute atomic E-state index is 9.47. The first-order valence-corrected chi connectivity index (χ1v) is 2.95. The summed E-state index contributed by atoms with van der Waals surface area (Å²) < 4.78 is 0. The van der Waals surface area contributed by atoms with Crippen LogP contribution >= 0.6 is 11.6 Å². The van der Waals surface area contributed by atoms with E-state index < -0.39 is 5.37 Å². The van der Waals surface area contributed by atoms with Gasteiger partial charge in [-0.05, 0) is 11.6 Å². The molecule has 0 unspecified atom stereocenters. The van der Waals surface area contributed by atoms with Gasteiger partial charge in [-0.2, -0.15) is 0 Å². The van der Waals surface area contributed by atoms with Crippen molar-refractivity contribution in [2.24, 2.45) is 0 Å². The monoisotopic (exact) mass is 161 g/mol. The summed E-state index contributed by atoms with van der Waals surface area (Å²) >= 11 is 4.71. The van der Waals surface area contributed by atoms with Crippen LogP contribution in [0.1, 0.15) is 0 Å². The summed E-state index contributed by atoms with van der Waals surface area (Å²) in [5, 5.41) is 1.63. The van der Waals surface area contributed by atoms with Crippen LogP contribution in [0, 0.1) is 0 Å². The first-order chi connectivity index (χ1) is 4.77. The van der Waals surface area contributed by atoms with Crippen molar-refractivity contribution in [3.63, 3.8) is 0 Å². The zero-order valence-corrected chi connectivity index (χ0v) is 6.22. The Kier molecular flexibility index (Phi) is 5.47. The number of hydrogen-bond acceptors (Lipinski definition) is 2. The van der Waals surface area contributed by atoms with Crippen molar-refractivity contribution in [2.75, 3.05) is 7.05 Å². The van der Waals surface area contributed by atoms with Gasteiger partial charge < -0.3 is 10.3 Å². The molecule has 2 N–H and O–H groups in total. The molecule has 0 saturated heterocycles. The minimum atomic E-state index is -0.523. The summed E-state index contributed by atoms with van der Waals surface area (Å²) in [7, 11) is 1.47. The zero-order chi connectivity index (χ0) is 7.82. The Balaban J connectivity index is 0.000000162. The minimum Gasteiger partial charge on any atom is -0.351 e. The molecule has 4 nitrogen and oxygen atoms in total.